The number of hydrogen-bond donors (Lipinski definition) is 0. The molecule has 0 unspecified atom stereocenters. The first-order valence-corrected chi connectivity index (χ1v) is 4.44. The van der Waals surface area contributed by atoms with Crippen molar-refractivity contribution in [3.05, 3.63) is 48.8 Å². The molecule has 0 fully saturated rings. The van der Waals surface area contributed by atoms with Gasteiger partial charge in [-0.1, -0.05) is 12.1 Å². The highest BCUT2D eigenvalue weighted by atomic mass is 14.8. The summed E-state index contributed by atoms with van der Waals surface area (Å²) in [6, 6.07) is 13.0. The van der Waals surface area contributed by atoms with Crippen LogP contribution in [0, 0.1) is 6.07 Å². The number of nitrogens with zero attached hydrogens (tertiary/aromatic N) is 2. The van der Waals surface area contributed by atoms with Gasteiger partial charge < -0.3 is 0 Å². The Labute approximate surface area is 81.2 Å². The van der Waals surface area contributed by atoms with E-state index in [0.717, 1.165) is 16.4 Å². The first-order chi connectivity index (χ1) is 6.93. The van der Waals surface area contributed by atoms with E-state index >= 15 is 0 Å². The standard InChI is InChI=1S/C12H7N2/c1-2-4-10-8-12-11(7-9(10)3-1)13-5-6-14-12/h1,3-8H. The molecule has 0 aliphatic carbocycles. The molecule has 3 aromatic rings. The molecule has 0 saturated heterocycles. The van der Waals surface area contributed by atoms with Crippen LogP contribution in [0.4, 0.5) is 0 Å². The van der Waals surface area contributed by atoms with Gasteiger partial charge in [0.2, 0.25) is 0 Å². The minimum absolute atomic E-state index is 0.930. The van der Waals surface area contributed by atoms with Gasteiger partial charge in [-0.3, -0.25) is 9.97 Å². The topological polar surface area (TPSA) is 25.8 Å². The Morgan fingerprint density at radius 3 is 2.43 bits per heavy atom. The molecule has 0 spiro atoms. The minimum atomic E-state index is 0.930. The fraction of sp³-hybridized carbons (Fsp3) is 0. The molecule has 65 valence electrons. The summed E-state index contributed by atoms with van der Waals surface area (Å²) in [7, 11) is 0. The summed E-state index contributed by atoms with van der Waals surface area (Å²) < 4.78 is 0. The molecule has 0 N–H and O–H groups in total. The Bertz CT molecular complexity index is 497. The van der Waals surface area contributed by atoms with Crippen LogP contribution in [0.5, 0.6) is 0 Å². The van der Waals surface area contributed by atoms with Crippen LogP contribution < -0.4 is 0 Å². The Balaban J connectivity index is 2.52. The largest absolute Gasteiger partial charge is 0.253 e. The van der Waals surface area contributed by atoms with Gasteiger partial charge in [0.25, 0.3) is 0 Å². The molecule has 14 heavy (non-hydrogen) atoms. The predicted octanol–water partition coefficient (Wildman–Crippen LogP) is 2.58. The van der Waals surface area contributed by atoms with E-state index in [0.29, 0.717) is 0 Å². The lowest BCUT2D eigenvalue weighted by Crippen LogP contribution is -1.82. The van der Waals surface area contributed by atoms with Crippen molar-refractivity contribution in [3.63, 3.8) is 0 Å². The van der Waals surface area contributed by atoms with E-state index in [-0.39, 0.29) is 0 Å². The van der Waals surface area contributed by atoms with Crippen LogP contribution in [0.1, 0.15) is 0 Å². The summed E-state index contributed by atoms with van der Waals surface area (Å²) in [5.41, 5.74) is 1.87. The summed E-state index contributed by atoms with van der Waals surface area (Å²) >= 11 is 0. The molecule has 1 heterocycles. The van der Waals surface area contributed by atoms with E-state index in [1.54, 1.807) is 12.4 Å². The van der Waals surface area contributed by atoms with Gasteiger partial charge in [0.15, 0.2) is 0 Å². The lowest BCUT2D eigenvalue weighted by Gasteiger charge is -1.99. The lowest BCUT2D eigenvalue weighted by atomic mass is 10.1. The maximum Gasteiger partial charge on any atom is 0.0893 e. The van der Waals surface area contributed by atoms with Gasteiger partial charge in [-0.2, -0.15) is 0 Å². The van der Waals surface area contributed by atoms with Crippen molar-refractivity contribution in [2.24, 2.45) is 0 Å². The zero-order valence-corrected chi connectivity index (χ0v) is 7.44. The molecule has 2 aromatic carbocycles. The van der Waals surface area contributed by atoms with E-state index in [2.05, 4.69) is 16.0 Å². The quantitative estimate of drug-likeness (QED) is 0.496. The summed E-state index contributed by atoms with van der Waals surface area (Å²) in [6.45, 7) is 0. The summed E-state index contributed by atoms with van der Waals surface area (Å²) in [5, 5.41) is 2.33. The van der Waals surface area contributed by atoms with Gasteiger partial charge >= 0.3 is 0 Å². The van der Waals surface area contributed by atoms with Crippen molar-refractivity contribution >= 4 is 21.8 Å². The van der Waals surface area contributed by atoms with E-state index in [4.69, 9.17) is 0 Å². The maximum absolute atomic E-state index is 4.26. The molecule has 0 aliphatic heterocycles. The van der Waals surface area contributed by atoms with Gasteiger partial charge in [0, 0.05) is 12.4 Å². The highest BCUT2D eigenvalue weighted by Gasteiger charge is 1.97. The molecular formula is C12H7N2. The molecule has 0 bridgehead atoms. The zero-order chi connectivity index (χ0) is 9.38. The van der Waals surface area contributed by atoms with Crippen LogP contribution >= 0.6 is 0 Å². The number of hydrogen-bond acceptors (Lipinski definition) is 2. The molecule has 0 amide bonds. The zero-order valence-electron chi connectivity index (χ0n) is 7.44. The number of fused-ring (bicyclic) bond motifs is 2. The highest BCUT2D eigenvalue weighted by Crippen LogP contribution is 2.18. The van der Waals surface area contributed by atoms with Crippen LogP contribution in [0.15, 0.2) is 42.7 Å². The minimum Gasteiger partial charge on any atom is -0.253 e. The van der Waals surface area contributed by atoms with Crippen molar-refractivity contribution in [3.8, 4) is 0 Å². The van der Waals surface area contributed by atoms with E-state index in [9.17, 15) is 0 Å². The monoisotopic (exact) mass is 179 g/mol. The average Bonchev–Trinajstić information content (AvgIpc) is 2.26. The molecule has 0 atom stereocenters. The third kappa shape index (κ3) is 1.04. The van der Waals surface area contributed by atoms with Crippen molar-refractivity contribution in [2.75, 3.05) is 0 Å². The summed E-state index contributed by atoms with van der Waals surface area (Å²) in [4.78, 5) is 8.51. The molecule has 0 saturated carbocycles. The molecule has 3 rings (SSSR count). The molecule has 1 radical (unpaired) electrons. The maximum atomic E-state index is 4.26. The predicted molar refractivity (Wildman–Crippen MR) is 55.9 cm³/mol. The fourth-order valence-corrected chi connectivity index (χ4v) is 1.59. The lowest BCUT2D eigenvalue weighted by molar-refractivity contribution is 1.30. The third-order valence-electron chi connectivity index (χ3n) is 2.27. The molecule has 0 aliphatic rings. The van der Waals surface area contributed by atoms with Gasteiger partial charge in [-0.15, -0.1) is 0 Å². The Morgan fingerprint density at radius 1 is 0.929 bits per heavy atom. The van der Waals surface area contributed by atoms with Gasteiger partial charge in [-0.05, 0) is 35.0 Å². The normalized spacial score (nSPS) is 10.9. The van der Waals surface area contributed by atoms with Gasteiger partial charge in [0.05, 0.1) is 11.0 Å². The first-order valence-electron chi connectivity index (χ1n) is 4.44. The highest BCUT2D eigenvalue weighted by molar-refractivity contribution is 5.94. The average molecular weight is 179 g/mol. The van der Waals surface area contributed by atoms with Crippen LogP contribution in [0.3, 0.4) is 0 Å². The van der Waals surface area contributed by atoms with Gasteiger partial charge in [-0.25, -0.2) is 0 Å². The van der Waals surface area contributed by atoms with Crippen molar-refractivity contribution < 1.29 is 0 Å². The Hall–Kier alpha value is -1.96. The summed E-state index contributed by atoms with van der Waals surface area (Å²) in [5.74, 6) is 0. The smallest absolute Gasteiger partial charge is 0.0893 e. The molecule has 2 nitrogen and oxygen atoms in total. The van der Waals surface area contributed by atoms with E-state index in [1.165, 1.54) is 5.39 Å². The molecular weight excluding hydrogens is 172 g/mol. The van der Waals surface area contributed by atoms with Crippen LogP contribution in [-0.4, -0.2) is 9.97 Å². The fourth-order valence-electron chi connectivity index (χ4n) is 1.59. The van der Waals surface area contributed by atoms with Crippen molar-refractivity contribution in [1.82, 2.24) is 9.97 Å². The third-order valence-corrected chi connectivity index (χ3v) is 2.27. The summed E-state index contributed by atoms with van der Waals surface area (Å²) in [6.07, 6.45) is 3.42. The van der Waals surface area contributed by atoms with E-state index in [1.807, 2.05) is 30.3 Å². The second-order valence-electron chi connectivity index (χ2n) is 3.17. The number of rotatable bonds is 0. The second kappa shape index (κ2) is 2.77. The van der Waals surface area contributed by atoms with Crippen LogP contribution in [0.25, 0.3) is 21.8 Å². The van der Waals surface area contributed by atoms with E-state index < -0.39 is 0 Å². The second-order valence-corrected chi connectivity index (χ2v) is 3.17. The number of benzene rings is 2. The van der Waals surface area contributed by atoms with Crippen molar-refractivity contribution in [1.29, 1.82) is 0 Å². The Kier molecular flexibility index (Phi) is 1.47. The molecule has 2 heteroatoms. The van der Waals surface area contributed by atoms with Crippen LogP contribution in [0.2, 0.25) is 0 Å². The van der Waals surface area contributed by atoms with Crippen LogP contribution in [-0.2, 0) is 0 Å². The molecule has 1 aromatic heterocycles. The SMILES string of the molecule is [c]1ccc2cc3nccnc3cc2c1. The van der Waals surface area contributed by atoms with Crippen molar-refractivity contribution in [2.45, 2.75) is 0 Å². The number of aromatic nitrogens is 2. The Morgan fingerprint density at radius 2 is 1.64 bits per heavy atom. The first kappa shape index (κ1) is 7.44. The van der Waals surface area contributed by atoms with Gasteiger partial charge in [0.1, 0.15) is 0 Å².